The molecule has 1 heterocycles. The molecule has 3 nitrogen and oxygen atoms in total. The summed E-state index contributed by atoms with van der Waals surface area (Å²) < 4.78 is 5.20. The predicted octanol–water partition coefficient (Wildman–Crippen LogP) is 3.68. The van der Waals surface area contributed by atoms with Crippen molar-refractivity contribution in [1.82, 2.24) is 0 Å². The van der Waals surface area contributed by atoms with Crippen LogP contribution in [0.2, 0.25) is 0 Å². The maximum atomic E-state index is 12.4. The third-order valence-corrected chi connectivity index (χ3v) is 6.03. The van der Waals surface area contributed by atoms with Crippen LogP contribution in [-0.4, -0.2) is 23.6 Å². The fourth-order valence-electron chi connectivity index (χ4n) is 3.24. The number of carbonyl (C=O) groups is 1. The molecule has 108 valence electrons. The molecule has 1 aliphatic heterocycles. The van der Waals surface area contributed by atoms with Crippen LogP contribution in [0.4, 0.5) is 5.69 Å². The van der Waals surface area contributed by atoms with Gasteiger partial charge in [-0.2, -0.15) is 0 Å². The maximum Gasteiger partial charge on any atom is 0.238 e. The van der Waals surface area contributed by atoms with E-state index in [9.17, 15) is 4.79 Å². The summed E-state index contributed by atoms with van der Waals surface area (Å²) in [5.74, 6) is 2.48. The van der Waals surface area contributed by atoms with E-state index in [1.165, 1.54) is 12.8 Å². The van der Waals surface area contributed by atoms with Crippen LogP contribution in [0.1, 0.15) is 32.6 Å². The lowest BCUT2D eigenvalue weighted by molar-refractivity contribution is -0.116. The van der Waals surface area contributed by atoms with Crippen LogP contribution in [0, 0.1) is 5.92 Å². The Morgan fingerprint density at radius 3 is 2.50 bits per heavy atom. The first-order valence-corrected chi connectivity index (χ1v) is 8.24. The predicted molar refractivity (Wildman–Crippen MR) is 83.3 cm³/mol. The molecule has 2 aliphatic rings. The number of thioether (sulfide) groups is 1. The van der Waals surface area contributed by atoms with Gasteiger partial charge >= 0.3 is 0 Å². The topological polar surface area (TPSA) is 29.5 Å². The van der Waals surface area contributed by atoms with Gasteiger partial charge in [0.05, 0.1) is 17.7 Å². The molecule has 2 fully saturated rings. The van der Waals surface area contributed by atoms with E-state index in [4.69, 9.17) is 4.74 Å². The van der Waals surface area contributed by atoms with Gasteiger partial charge < -0.3 is 4.74 Å². The van der Waals surface area contributed by atoms with E-state index in [2.05, 4.69) is 6.92 Å². The first kappa shape index (κ1) is 13.8. The molecule has 4 heteroatoms. The molecule has 0 aromatic heterocycles. The highest BCUT2D eigenvalue weighted by Gasteiger charge is 2.48. The van der Waals surface area contributed by atoms with E-state index in [-0.39, 0.29) is 10.8 Å². The lowest BCUT2D eigenvalue weighted by atomic mass is 9.85. The summed E-state index contributed by atoms with van der Waals surface area (Å²) in [7, 11) is 1.66. The van der Waals surface area contributed by atoms with Gasteiger partial charge in [-0.15, -0.1) is 11.8 Å². The van der Waals surface area contributed by atoms with Crippen molar-refractivity contribution in [2.24, 2.45) is 5.92 Å². The van der Waals surface area contributed by atoms with Crippen molar-refractivity contribution < 1.29 is 9.53 Å². The first-order chi connectivity index (χ1) is 9.64. The standard InChI is InChI=1S/C16H21NO2S/c1-12-7-9-16(10-8-12)17(15(18)11-20-16)13-3-5-14(19-2)6-4-13/h3-6,12H,7-11H2,1-2H3. The number of benzene rings is 1. The minimum atomic E-state index is -0.00180. The number of amides is 1. The third kappa shape index (κ3) is 2.30. The monoisotopic (exact) mass is 291 g/mol. The van der Waals surface area contributed by atoms with Gasteiger partial charge in [0.25, 0.3) is 0 Å². The molecule has 1 saturated heterocycles. The maximum absolute atomic E-state index is 12.4. The third-order valence-electron chi connectivity index (χ3n) is 4.51. The Kier molecular flexibility index (Phi) is 3.67. The molecule has 0 radical (unpaired) electrons. The SMILES string of the molecule is COc1ccc(N2C(=O)CSC23CCC(C)CC3)cc1. The Bertz CT molecular complexity index is 492. The van der Waals surface area contributed by atoms with Crippen LogP contribution in [0.25, 0.3) is 0 Å². The van der Waals surface area contributed by atoms with E-state index in [0.29, 0.717) is 5.75 Å². The van der Waals surface area contributed by atoms with Gasteiger partial charge in [-0.3, -0.25) is 9.69 Å². The number of hydrogen-bond acceptors (Lipinski definition) is 3. The lowest BCUT2D eigenvalue weighted by Gasteiger charge is -2.42. The summed E-state index contributed by atoms with van der Waals surface area (Å²) in [6.07, 6.45) is 4.65. The molecule has 1 aliphatic carbocycles. The number of hydrogen-bond donors (Lipinski definition) is 0. The second kappa shape index (κ2) is 5.32. The van der Waals surface area contributed by atoms with Gasteiger partial charge in [-0.05, 0) is 55.9 Å². The zero-order chi connectivity index (χ0) is 14.2. The molecule has 1 amide bonds. The fourth-order valence-corrected chi connectivity index (χ4v) is 4.63. The molecule has 1 spiro atoms. The molecule has 1 aromatic rings. The van der Waals surface area contributed by atoms with Gasteiger partial charge in [0.2, 0.25) is 5.91 Å². The van der Waals surface area contributed by atoms with Crippen molar-refractivity contribution in [2.75, 3.05) is 17.8 Å². The van der Waals surface area contributed by atoms with E-state index in [1.54, 1.807) is 7.11 Å². The number of methoxy groups -OCH3 is 1. The van der Waals surface area contributed by atoms with E-state index in [0.717, 1.165) is 30.2 Å². The first-order valence-electron chi connectivity index (χ1n) is 7.26. The number of ether oxygens (including phenoxy) is 1. The summed E-state index contributed by atoms with van der Waals surface area (Å²) >= 11 is 1.83. The Morgan fingerprint density at radius 1 is 1.25 bits per heavy atom. The summed E-state index contributed by atoms with van der Waals surface area (Å²) in [5, 5.41) is 0. The summed E-state index contributed by atoms with van der Waals surface area (Å²) in [4.78, 5) is 14.4. The number of nitrogens with zero attached hydrogens (tertiary/aromatic N) is 1. The van der Waals surface area contributed by atoms with Crippen LogP contribution >= 0.6 is 11.8 Å². The second-order valence-electron chi connectivity index (χ2n) is 5.84. The molecular weight excluding hydrogens is 270 g/mol. The van der Waals surface area contributed by atoms with Crippen molar-refractivity contribution >= 4 is 23.4 Å². The number of anilines is 1. The second-order valence-corrected chi connectivity index (χ2v) is 7.18. The highest BCUT2D eigenvalue weighted by atomic mass is 32.2. The van der Waals surface area contributed by atoms with Crippen LogP contribution in [0.5, 0.6) is 5.75 Å². The highest BCUT2D eigenvalue weighted by Crippen LogP contribution is 2.50. The van der Waals surface area contributed by atoms with Crippen molar-refractivity contribution in [3.63, 3.8) is 0 Å². The quantitative estimate of drug-likeness (QED) is 0.832. The molecule has 1 aromatic carbocycles. The van der Waals surface area contributed by atoms with Crippen LogP contribution < -0.4 is 9.64 Å². The molecule has 0 atom stereocenters. The van der Waals surface area contributed by atoms with Crippen LogP contribution in [0.15, 0.2) is 24.3 Å². The van der Waals surface area contributed by atoms with Crippen molar-refractivity contribution in [3.8, 4) is 5.75 Å². The van der Waals surface area contributed by atoms with Crippen LogP contribution in [-0.2, 0) is 4.79 Å². The van der Waals surface area contributed by atoms with E-state index >= 15 is 0 Å². The summed E-state index contributed by atoms with van der Waals surface area (Å²) in [5.41, 5.74) is 1.01. The Hall–Kier alpha value is -1.16. The molecule has 0 N–H and O–H groups in total. The minimum Gasteiger partial charge on any atom is -0.497 e. The molecule has 3 rings (SSSR count). The Morgan fingerprint density at radius 2 is 1.90 bits per heavy atom. The largest absolute Gasteiger partial charge is 0.497 e. The van der Waals surface area contributed by atoms with Crippen LogP contribution in [0.3, 0.4) is 0 Å². The summed E-state index contributed by atoms with van der Waals surface area (Å²) in [6.45, 7) is 2.31. The summed E-state index contributed by atoms with van der Waals surface area (Å²) in [6, 6.07) is 7.88. The smallest absolute Gasteiger partial charge is 0.238 e. The van der Waals surface area contributed by atoms with Gasteiger partial charge in [0.15, 0.2) is 0 Å². The zero-order valence-corrected chi connectivity index (χ0v) is 12.9. The lowest BCUT2D eigenvalue weighted by Crippen LogP contribution is -2.46. The molecule has 0 bridgehead atoms. The molecule has 1 saturated carbocycles. The highest BCUT2D eigenvalue weighted by molar-refractivity contribution is 8.02. The molecule has 0 unspecified atom stereocenters. The van der Waals surface area contributed by atoms with Crippen molar-refractivity contribution in [3.05, 3.63) is 24.3 Å². The normalized spacial score (nSPS) is 30.0. The van der Waals surface area contributed by atoms with Gasteiger partial charge in [-0.1, -0.05) is 6.92 Å². The fraction of sp³-hybridized carbons (Fsp3) is 0.562. The number of carbonyl (C=O) groups excluding carboxylic acids is 1. The Labute approximate surface area is 124 Å². The van der Waals surface area contributed by atoms with Crippen molar-refractivity contribution in [2.45, 2.75) is 37.5 Å². The van der Waals surface area contributed by atoms with Crippen molar-refractivity contribution in [1.29, 1.82) is 0 Å². The number of rotatable bonds is 2. The van der Waals surface area contributed by atoms with Gasteiger partial charge in [0.1, 0.15) is 5.75 Å². The van der Waals surface area contributed by atoms with E-state index < -0.39 is 0 Å². The molecule has 20 heavy (non-hydrogen) atoms. The molecular formula is C16H21NO2S. The van der Waals surface area contributed by atoms with Gasteiger partial charge in [0, 0.05) is 5.69 Å². The average Bonchev–Trinajstić information content (AvgIpc) is 2.80. The average molecular weight is 291 g/mol. The van der Waals surface area contributed by atoms with E-state index in [1.807, 2.05) is 40.9 Å². The minimum absolute atomic E-state index is 0.00180. The zero-order valence-electron chi connectivity index (χ0n) is 12.1. The van der Waals surface area contributed by atoms with Gasteiger partial charge in [-0.25, -0.2) is 0 Å². The Balaban J connectivity index is 1.89.